The number of carbonyl (C=O) groups excluding carboxylic acids is 7. The zero-order valence-electron chi connectivity index (χ0n) is 72.0. The molecular formula is C98H121N19O9. The zero-order chi connectivity index (χ0) is 88.9. The van der Waals surface area contributed by atoms with Gasteiger partial charge in [-0.3, -0.25) is 48.5 Å². The van der Waals surface area contributed by atoms with Crippen LogP contribution in [0.5, 0.6) is 0 Å². The number of hydrogen-bond acceptors (Lipinski definition) is 15. The van der Waals surface area contributed by atoms with Crippen molar-refractivity contribution in [1.29, 1.82) is 0 Å². The molecule has 3 fully saturated rings. The van der Waals surface area contributed by atoms with Gasteiger partial charge in [0.1, 0.15) is 6.10 Å². The van der Waals surface area contributed by atoms with Gasteiger partial charge in [0.05, 0.1) is 43.4 Å². The van der Waals surface area contributed by atoms with E-state index in [1.807, 2.05) is 251 Å². The lowest BCUT2D eigenvalue weighted by atomic mass is 10.0. The van der Waals surface area contributed by atoms with Crippen molar-refractivity contribution >= 4 is 91.5 Å². The highest BCUT2D eigenvalue weighted by atomic mass is 16.5. The molecule has 0 radical (unpaired) electrons. The second kappa shape index (κ2) is 48.8. The molecule has 28 heteroatoms. The molecule has 0 aliphatic carbocycles. The van der Waals surface area contributed by atoms with Gasteiger partial charge in [-0.05, 0) is 162 Å². The first-order valence-electron chi connectivity index (χ1n) is 43.5. The van der Waals surface area contributed by atoms with Gasteiger partial charge in [-0.1, -0.05) is 207 Å². The predicted molar refractivity (Wildman–Crippen MR) is 499 cm³/mol. The van der Waals surface area contributed by atoms with Crippen molar-refractivity contribution in [2.45, 2.75) is 126 Å². The zero-order valence-corrected chi connectivity index (χ0v) is 72.0. The molecule has 3 saturated heterocycles. The molecule has 3 heterocycles. The number of aliphatic imine (C=N–C) groups is 3. The van der Waals surface area contributed by atoms with E-state index in [0.717, 1.165) is 55.4 Å². The molecule has 13 rings (SSSR count). The van der Waals surface area contributed by atoms with E-state index in [1.54, 1.807) is 19.2 Å². The first kappa shape index (κ1) is 93.6. The van der Waals surface area contributed by atoms with Crippen LogP contribution in [0.2, 0.25) is 0 Å². The lowest BCUT2D eigenvalue weighted by Gasteiger charge is -2.29. The van der Waals surface area contributed by atoms with Gasteiger partial charge in [-0.2, -0.15) is 0 Å². The van der Waals surface area contributed by atoms with Gasteiger partial charge in [0, 0.05) is 120 Å². The molecule has 0 aromatic heterocycles. The van der Waals surface area contributed by atoms with Crippen LogP contribution in [-0.2, 0) is 23.9 Å². The second-order valence-corrected chi connectivity index (χ2v) is 31.8. The fraction of sp³-hybridized carbons (Fsp3) is 0.347. The quantitative estimate of drug-likeness (QED) is 0.00987. The number of nitrogens with one attached hydrogen (secondary N) is 7. The fourth-order valence-corrected chi connectivity index (χ4v) is 15.9. The van der Waals surface area contributed by atoms with Crippen LogP contribution in [0.15, 0.2) is 264 Å². The third-order valence-electron chi connectivity index (χ3n) is 22.6. The number of carbonyl (C=O) groups is 7. The van der Waals surface area contributed by atoms with E-state index in [1.165, 1.54) is 0 Å². The lowest BCUT2D eigenvalue weighted by Crippen LogP contribution is -2.50. The summed E-state index contributed by atoms with van der Waals surface area (Å²) in [5, 5.41) is 29.1. The van der Waals surface area contributed by atoms with Crippen molar-refractivity contribution in [3.05, 3.63) is 288 Å². The number of hydrogen-bond donors (Lipinski definition) is 13. The summed E-state index contributed by atoms with van der Waals surface area (Å²) in [5.41, 5.74) is 38.2. The number of amides is 7. The number of nitrogens with zero attached hydrogens (tertiary/aromatic N) is 6. The van der Waals surface area contributed by atoms with Crippen LogP contribution in [-0.4, -0.2) is 202 Å². The molecule has 2 unspecified atom stereocenters. The molecule has 7 amide bonds. The van der Waals surface area contributed by atoms with Crippen molar-refractivity contribution in [3.63, 3.8) is 0 Å². The van der Waals surface area contributed by atoms with E-state index in [9.17, 15) is 33.6 Å². The molecule has 3 aliphatic heterocycles. The average Bonchev–Trinajstić information content (AvgIpc) is 1.10. The highest BCUT2D eigenvalue weighted by molar-refractivity contribution is 6.01. The van der Waals surface area contributed by atoms with Gasteiger partial charge >= 0.3 is 0 Å². The van der Waals surface area contributed by atoms with E-state index < -0.39 is 24.2 Å². The van der Waals surface area contributed by atoms with Gasteiger partial charge in [-0.25, -0.2) is 0 Å². The number of benzene rings is 10. The molecule has 126 heavy (non-hydrogen) atoms. The Labute approximate surface area is 737 Å². The van der Waals surface area contributed by atoms with E-state index in [0.29, 0.717) is 165 Å². The minimum atomic E-state index is -0.513. The van der Waals surface area contributed by atoms with E-state index >= 15 is 0 Å². The summed E-state index contributed by atoms with van der Waals surface area (Å²) in [7, 11) is 1.66. The van der Waals surface area contributed by atoms with Crippen LogP contribution in [0.3, 0.4) is 0 Å². The number of fused-ring (bicyclic) bond motifs is 3. The number of ether oxygens (including phenoxy) is 2. The smallest absolute Gasteiger partial charge is 0.251 e. The fourth-order valence-electron chi connectivity index (χ4n) is 15.9. The molecule has 3 aliphatic rings. The number of rotatable bonds is 36. The summed E-state index contributed by atoms with van der Waals surface area (Å²) in [6, 6.07) is 77.5. The standard InChI is InChI=1S/C36H41N7O3.C32H42N6O3.C30H38N6O3/c37-36(38)39-20-9-16-31-35(46)43(24-32(26-11-3-1-4-12-26)42-34(45)27-13-5-2-6-14-27)21-19-30(41-31)23-40-33(44)29-18-17-25-10-7-8-15-28(25)22-29;1-2-19-41-29(24-10-4-3-5-11-24)22-38-18-16-27(37-28(31(38)40)13-8-17-35-32(33)34)21-36-30(39)26-15-14-23-9-6-7-12-25(23)20-26;1-39-27(22-9-3-2-4-10-22)20-36-17-15-25(35-26(29(36)38)12-7-16-33-30(31)32)19-34-28(37)24-14-13-21-8-5-6-11-23(21)18-24/h1-8,10-15,17-18,22,30-32,41H,9,16,19-21,23-24H2,(H,40,44)(H,42,45)(H4,37,38,39);3-7,9-12,14-15,20,27-29,37H,2,8,13,16-19,21-22H2,1H3,(H,36,39)(H4,33,34,35);2-6,8-11,13-14,18,25-27,35H,7,12,15-17,19-20H2,1H3,(H,34,37)(H4,31,32,33)/t30-,31-,32-;27-,28-,29?;25-,26-,27?/m000/s1. The van der Waals surface area contributed by atoms with Gasteiger partial charge in [-0.15, -0.1) is 0 Å². The van der Waals surface area contributed by atoms with Crippen LogP contribution in [0.4, 0.5) is 0 Å². The SMILES string of the molecule is CCCOC(CN1CC[C@@H](CNC(=O)c2ccc3ccccc3c2)N[C@@H](CCCN=C(N)N)C1=O)c1ccccc1.COC(CN1CC[C@@H](CNC(=O)c2ccc3ccccc3c2)N[C@@H](CCCN=C(N)N)C1=O)c1ccccc1.NC(N)=NCCC[C@@H]1N[C@H](CNC(=O)c2ccc3ccccc3c2)CCN(C[C@H](NC(=O)c2ccccc2)c2ccccc2)C1=O. The summed E-state index contributed by atoms with van der Waals surface area (Å²) >= 11 is 0. The van der Waals surface area contributed by atoms with Crippen molar-refractivity contribution in [1.82, 2.24) is 51.9 Å². The molecule has 19 N–H and O–H groups in total. The van der Waals surface area contributed by atoms with Crippen LogP contribution >= 0.6 is 0 Å². The Morgan fingerprint density at radius 2 is 0.706 bits per heavy atom. The third kappa shape index (κ3) is 28.7. The molecule has 10 aromatic rings. The molecular weight excluding hydrogens is 1590 g/mol. The highest BCUT2D eigenvalue weighted by Gasteiger charge is 2.37. The number of guanidine groups is 3. The van der Waals surface area contributed by atoms with Crippen molar-refractivity contribution in [3.8, 4) is 0 Å². The Hall–Kier alpha value is -13.1. The first-order valence-corrected chi connectivity index (χ1v) is 43.5. The van der Waals surface area contributed by atoms with Crippen molar-refractivity contribution in [2.24, 2.45) is 49.4 Å². The molecule has 0 spiro atoms. The van der Waals surface area contributed by atoms with Crippen LogP contribution < -0.4 is 71.6 Å². The van der Waals surface area contributed by atoms with Crippen molar-refractivity contribution in [2.75, 3.05) is 92.3 Å². The van der Waals surface area contributed by atoms with Crippen LogP contribution in [0.25, 0.3) is 32.3 Å². The second-order valence-electron chi connectivity index (χ2n) is 31.8. The topological polar surface area (TPSA) is 425 Å². The summed E-state index contributed by atoms with van der Waals surface area (Å²) in [4.78, 5) is 112. The van der Waals surface area contributed by atoms with E-state index in [4.69, 9.17) is 43.9 Å². The Bertz CT molecular complexity index is 5270. The first-order chi connectivity index (χ1) is 61.2. The molecule has 9 atom stereocenters. The van der Waals surface area contributed by atoms with Gasteiger partial charge < -0.3 is 95.8 Å². The normalized spacial score (nSPS) is 17.8. The summed E-state index contributed by atoms with van der Waals surface area (Å²) < 4.78 is 12.0. The maximum absolute atomic E-state index is 14.0. The highest BCUT2D eigenvalue weighted by Crippen LogP contribution is 2.27. The summed E-state index contributed by atoms with van der Waals surface area (Å²) in [6.07, 6.45) is 6.00. The maximum atomic E-state index is 14.0. The predicted octanol–water partition coefficient (Wildman–Crippen LogP) is 9.27. The number of methoxy groups -OCH3 is 1. The number of nitrogens with two attached hydrogens (primary N) is 6. The Kier molecular flexibility index (Phi) is 36.2. The van der Waals surface area contributed by atoms with Gasteiger partial charge in [0.2, 0.25) is 17.7 Å². The monoisotopic (exact) mass is 1710 g/mol. The molecule has 662 valence electrons. The largest absolute Gasteiger partial charge is 0.375 e. The lowest BCUT2D eigenvalue weighted by molar-refractivity contribution is -0.135. The Morgan fingerprint density at radius 1 is 0.389 bits per heavy atom. The maximum Gasteiger partial charge on any atom is 0.251 e. The average molecular weight is 1710 g/mol. The molecule has 0 saturated carbocycles. The summed E-state index contributed by atoms with van der Waals surface area (Å²) in [5.74, 6) is -0.583. The van der Waals surface area contributed by atoms with Gasteiger partial charge in [0.25, 0.3) is 23.6 Å². The third-order valence-corrected chi connectivity index (χ3v) is 22.6. The van der Waals surface area contributed by atoms with Crippen LogP contribution in [0, 0.1) is 0 Å². The van der Waals surface area contributed by atoms with Gasteiger partial charge in [0.15, 0.2) is 17.9 Å². The molecule has 28 nitrogen and oxygen atoms in total. The molecule has 0 bridgehead atoms. The Balaban J connectivity index is 0.000000184. The summed E-state index contributed by atoms with van der Waals surface area (Å²) in [6.45, 7) is 7.93. The minimum Gasteiger partial charge on any atom is -0.375 e. The Morgan fingerprint density at radius 3 is 1.06 bits per heavy atom. The van der Waals surface area contributed by atoms with Crippen LogP contribution in [0.1, 0.15) is 148 Å². The van der Waals surface area contributed by atoms with E-state index in [-0.39, 0.29) is 89.6 Å². The van der Waals surface area contributed by atoms with E-state index in [2.05, 4.69) is 59.1 Å². The van der Waals surface area contributed by atoms with Crippen molar-refractivity contribution < 1.29 is 43.0 Å². The minimum absolute atomic E-state index is 0.0101. The molecule has 10 aromatic carbocycles.